The Morgan fingerprint density at radius 2 is 1.69 bits per heavy atom. The van der Waals surface area contributed by atoms with Crippen molar-refractivity contribution in [2.75, 3.05) is 49.1 Å². The molecule has 0 spiro atoms. The maximum absolute atomic E-state index is 13.4. The predicted octanol–water partition coefficient (Wildman–Crippen LogP) is 3.73. The molecule has 2 fully saturated rings. The lowest BCUT2D eigenvalue weighted by Crippen LogP contribution is -2.52. The van der Waals surface area contributed by atoms with Crippen molar-refractivity contribution in [3.05, 3.63) is 41.5 Å². The molecular weight excluding hydrogens is 450 g/mol. The maximum Gasteiger partial charge on any atom is 0.225 e. The maximum atomic E-state index is 13.4. The van der Waals surface area contributed by atoms with Gasteiger partial charge >= 0.3 is 0 Å². The number of aryl methyl sites for hydroxylation is 4. The number of piperazine rings is 1. The van der Waals surface area contributed by atoms with Crippen LogP contribution in [0.5, 0.6) is 0 Å². The van der Waals surface area contributed by atoms with E-state index in [9.17, 15) is 4.79 Å². The quantitative estimate of drug-likeness (QED) is 0.561. The van der Waals surface area contributed by atoms with Gasteiger partial charge in [-0.1, -0.05) is 24.1 Å². The fourth-order valence-corrected chi connectivity index (χ4v) is 6.28. The van der Waals surface area contributed by atoms with Gasteiger partial charge in [0.05, 0.1) is 0 Å². The fourth-order valence-electron chi connectivity index (χ4n) is 6.28. The van der Waals surface area contributed by atoms with E-state index < -0.39 is 0 Å². The van der Waals surface area contributed by atoms with Gasteiger partial charge in [0.1, 0.15) is 12.2 Å². The Morgan fingerprint density at radius 1 is 0.889 bits per heavy atom. The number of nitrogens with zero attached hydrogens (tertiary/aromatic N) is 7. The van der Waals surface area contributed by atoms with Crippen LogP contribution in [0.1, 0.15) is 49.1 Å². The van der Waals surface area contributed by atoms with Crippen LogP contribution >= 0.6 is 0 Å². The number of amides is 1. The lowest BCUT2D eigenvalue weighted by atomic mass is 9.95. The molecule has 0 N–H and O–H groups in total. The van der Waals surface area contributed by atoms with E-state index in [4.69, 9.17) is 4.98 Å². The van der Waals surface area contributed by atoms with Crippen molar-refractivity contribution in [2.24, 2.45) is 5.92 Å². The van der Waals surface area contributed by atoms with E-state index in [0.29, 0.717) is 5.91 Å². The molecular formula is C28H37N7O. The van der Waals surface area contributed by atoms with Crippen molar-refractivity contribution in [2.45, 2.75) is 58.9 Å². The Bertz CT molecular complexity index is 1250. The van der Waals surface area contributed by atoms with E-state index in [1.54, 1.807) is 6.33 Å². The fraction of sp³-hybridized carbons (Fsp3) is 0.571. The van der Waals surface area contributed by atoms with Gasteiger partial charge in [-0.05, 0) is 51.2 Å². The molecule has 3 aliphatic rings. The highest BCUT2D eigenvalue weighted by Gasteiger charge is 2.32. The van der Waals surface area contributed by atoms with Gasteiger partial charge in [-0.3, -0.25) is 4.79 Å². The Morgan fingerprint density at radius 3 is 2.47 bits per heavy atom. The van der Waals surface area contributed by atoms with Crippen molar-refractivity contribution >= 4 is 28.6 Å². The highest BCUT2D eigenvalue weighted by molar-refractivity contribution is 5.84. The molecule has 190 valence electrons. The molecule has 8 heteroatoms. The zero-order chi connectivity index (χ0) is 24.6. The number of carbonyl (C=O) groups excluding carboxylic acids is 1. The smallest absolute Gasteiger partial charge is 0.225 e. The summed E-state index contributed by atoms with van der Waals surface area (Å²) < 4.78 is 2.29. The number of imidazole rings is 1. The van der Waals surface area contributed by atoms with Crippen LogP contribution in [0.3, 0.4) is 0 Å². The zero-order valence-electron chi connectivity index (χ0n) is 21.6. The number of benzene rings is 1. The molecule has 3 aliphatic heterocycles. The molecule has 0 aliphatic carbocycles. The summed E-state index contributed by atoms with van der Waals surface area (Å²) in [5.41, 5.74) is 5.81. The third kappa shape index (κ3) is 4.31. The Balaban J connectivity index is 1.08. The van der Waals surface area contributed by atoms with Crippen molar-refractivity contribution in [3.63, 3.8) is 0 Å². The molecule has 3 aromatic rings. The van der Waals surface area contributed by atoms with E-state index in [1.807, 2.05) is 0 Å². The average Bonchev–Trinajstić information content (AvgIpc) is 3.09. The predicted molar refractivity (Wildman–Crippen MR) is 143 cm³/mol. The second-order valence-electron chi connectivity index (χ2n) is 10.7. The first-order chi connectivity index (χ1) is 17.6. The minimum Gasteiger partial charge on any atom is -0.368 e. The lowest BCUT2D eigenvalue weighted by Gasteiger charge is -2.40. The summed E-state index contributed by atoms with van der Waals surface area (Å²) >= 11 is 0. The highest BCUT2D eigenvalue weighted by atomic mass is 16.2. The molecule has 0 saturated carbocycles. The van der Waals surface area contributed by atoms with E-state index >= 15 is 0 Å². The minimum atomic E-state index is 0.102. The monoisotopic (exact) mass is 487 g/mol. The van der Waals surface area contributed by atoms with Crippen LogP contribution < -0.4 is 9.80 Å². The van der Waals surface area contributed by atoms with Crippen LogP contribution in [0.4, 0.5) is 11.5 Å². The van der Waals surface area contributed by atoms with Crippen molar-refractivity contribution in [1.82, 2.24) is 24.4 Å². The highest BCUT2D eigenvalue weighted by Crippen LogP contribution is 2.30. The van der Waals surface area contributed by atoms with Crippen LogP contribution in [0.15, 0.2) is 24.5 Å². The van der Waals surface area contributed by atoms with Gasteiger partial charge in [0.15, 0.2) is 17.0 Å². The summed E-state index contributed by atoms with van der Waals surface area (Å²) in [4.78, 5) is 34.4. The Labute approximate surface area is 213 Å². The number of hydrogen-bond acceptors (Lipinski definition) is 6. The van der Waals surface area contributed by atoms with E-state index in [1.165, 1.54) is 36.1 Å². The molecule has 2 aromatic heterocycles. The molecule has 2 saturated heterocycles. The molecule has 1 aromatic carbocycles. The molecule has 0 unspecified atom stereocenters. The number of piperidine rings is 1. The van der Waals surface area contributed by atoms with Gasteiger partial charge in [0, 0.05) is 63.8 Å². The second kappa shape index (κ2) is 9.71. The largest absolute Gasteiger partial charge is 0.368 e. The first-order valence-electron chi connectivity index (χ1n) is 13.6. The molecule has 6 rings (SSSR count). The van der Waals surface area contributed by atoms with Gasteiger partial charge in [-0.15, -0.1) is 0 Å². The first-order valence-corrected chi connectivity index (χ1v) is 13.6. The van der Waals surface area contributed by atoms with Gasteiger partial charge < -0.3 is 19.3 Å². The number of rotatable bonds is 3. The second-order valence-corrected chi connectivity index (χ2v) is 10.7. The number of hydrogen-bond donors (Lipinski definition) is 0. The molecule has 36 heavy (non-hydrogen) atoms. The van der Waals surface area contributed by atoms with Gasteiger partial charge in [-0.25, -0.2) is 15.0 Å². The van der Waals surface area contributed by atoms with Crippen LogP contribution in [0, 0.1) is 19.8 Å². The third-order valence-electron chi connectivity index (χ3n) is 8.30. The van der Waals surface area contributed by atoms with Gasteiger partial charge in [-0.2, -0.15) is 0 Å². The zero-order valence-corrected chi connectivity index (χ0v) is 21.6. The number of aromatic nitrogens is 4. The molecule has 0 bridgehead atoms. The number of fused-ring (bicyclic) bond motifs is 3. The Kier molecular flexibility index (Phi) is 6.27. The number of carbonyl (C=O) groups is 1. The molecule has 0 radical (unpaired) electrons. The minimum absolute atomic E-state index is 0.102. The summed E-state index contributed by atoms with van der Waals surface area (Å²) in [5, 5.41) is 0. The summed E-state index contributed by atoms with van der Waals surface area (Å²) in [6.07, 6.45) is 8.07. The topological polar surface area (TPSA) is 70.4 Å². The summed E-state index contributed by atoms with van der Waals surface area (Å²) in [5.74, 6) is 2.52. The third-order valence-corrected chi connectivity index (χ3v) is 8.30. The van der Waals surface area contributed by atoms with Crippen LogP contribution in [0.2, 0.25) is 0 Å². The van der Waals surface area contributed by atoms with Crippen molar-refractivity contribution in [1.29, 1.82) is 0 Å². The van der Waals surface area contributed by atoms with Crippen LogP contribution in [-0.4, -0.2) is 69.6 Å². The van der Waals surface area contributed by atoms with Gasteiger partial charge in [0.2, 0.25) is 5.91 Å². The van der Waals surface area contributed by atoms with Gasteiger partial charge in [0.25, 0.3) is 0 Å². The van der Waals surface area contributed by atoms with Crippen LogP contribution in [-0.2, 0) is 17.8 Å². The molecule has 8 nitrogen and oxygen atoms in total. The lowest BCUT2D eigenvalue weighted by molar-refractivity contribution is -0.136. The van der Waals surface area contributed by atoms with E-state index in [2.05, 4.69) is 61.3 Å². The summed E-state index contributed by atoms with van der Waals surface area (Å²) in [7, 11) is 0. The van der Waals surface area contributed by atoms with E-state index in [-0.39, 0.29) is 5.92 Å². The SMILES string of the molecule is Cc1ccc(N2CCN(C(=O)C3CCN(c4ncnc5c4nc4n5CCCCC4)CC3)CC2)c(C)c1. The summed E-state index contributed by atoms with van der Waals surface area (Å²) in [6.45, 7) is 10.4. The normalized spacial score (nSPS) is 19.4. The van der Waals surface area contributed by atoms with Crippen molar-refractivity contribution < 1.29 is 4.79 Å². The molecule has 0 atom stereocenters. The molecule has 1 amide bonds. The van der Waals surface area contributed by atoms with Crippen LogP contribution in [0.25, 0.3) is 11.2 Å². The van der Waals surface area contributed by atoms with E-state index in [0.717, 1.165) is 87.9 Å². The number of anilines is 2. The summed E-state index contributed by atoms with van der Waals surface area (Å²) in [6, 6.07) is 6.64. The average molecular weight is 488 g/mol. The Hall–Kier alpha value is -3.16. The first kappa shape index (κ1) is 23.3. The van der Waals surface area contributed by atoms with Crippen molar-refractivity contribution in [3.8, 4) is 0 Å². The molecule has 5 heterocycles. The standard InChI is InChI=1S/C28H37N7O/c1-20-7-8-23(21(2)18-20)32-14-16-34(17-15-32)28(36)22-9-12-33(13-10-22)26-25-27(30-19-29-26)35-11-5-3-4-6-24(35)31-25/h7-8,18-19,22H,3-6,9-17H2,1-2H3.